The van der Waals surface area contributed by atoms with Gasteiger partial charge in [0.25, 0.3) is 5.91 Å². The molecule has 21 heavy (non-hydrogen) atoms. The van der Waals surface area contributed by atoms with Crippen molar-refractivity contribution in [1.29, 1.82) is 5.26 Å². The van der Waals surface area contributed by atoms with Gasteiger partial charge >= 0.3 is 0 Å². The van der Waals surface area contributed by atoms with Crippen molar-refractivity contribution < 1.29 is 9.53 Å². The molecule has 0 aliphatic rings. The Balaban J connectivity index is 2.72. The minimum absolute atomic E-state index is 0.0163. The maximum absolute atomic E-state index is 11.3. The zero-order chi connectivity index (χ0) is 15.4. The fourth-order valence-corrected chi connectivity index (χ4v) is 2.08. The summed E-state index contributed by atoms with van der Waals surface area (Å²) in [7, 11) is 0. The Labute approximate surface area is 123 Å². The van der Waals surface area contributed by atoms with Crippen LogP contribution in [-0.4, -0.2) is 12.0 Å². The van der Waals surface area contributed by atoms with Crippen molar-refractivity contribution in [3.8, 4) is 11.8 Å². The Morgan fingerprint density at radius 1 is 1.29 bits per heavy atom. The SMILES string of the molecule is CC(C)Oc1ccc2ccccc2c1/C=C(/C#N)C(N)=O. The molecule has 4 nitrogen and oxygen atoms in total. The summed E-state index contributed by atoms with van der Waals surface area (Å²) in [5.41, 5.74) is 5.81. The van der Waals surface area contributed by atoms with E-state index in [9.17, 15) is 4.79 Å². The summed E-state index contributed by atoms with van der Waals surface area (Å²) in [4.78, 5) is 11.3. The number of benzene rings is 2. The third-order valence-corrected chi connectivity index (χ3v) is 2.97. The Morgan fingerprint density at radius 2 is 2.00 bits per heavy atom. The summed E-state index contributed by atoms with van der Waals surface area (Å²) in [5, 5.41) is 11.0. The topological polar surface area (TPSA) is 76.1 Å². The average Bonchev–Trinajstić information content (AvgIpc) is 2.45. The molecule has 106 valence electrons. The van der Waals surface area contributed by atoms with E-state index in [0.29, 0.717) is 11.3 Å². The maximum atomic E-state index is 11.3. The monoisotopic (exact) mass is 280 g/mol. The van der Waals surface area contributed by atoms with Gasteiger partial charge in [-0.15, -0.1) is 0 Å². The first kappa shape index (κ1) is 14.6. The Hall–Kier alpha value is -2.80. The molecule has 0 aliphatic heterocycles. The lowest BCUT2D eigenvalue weighted by molar-refractivity contribution is -0.114. The van der Waals surface area contributed by atoms with E-state index in [1.165, 1.54) is 6.08 Å². The first-order chi connectivity index (χ1) is 10.0. The van der Waals surface area contributed by atoms with Crippen molar-refractivity contribution in [3.05, 3.63) is 47.5 Å². The summed E-state index contributed by atoms with van der Waals surface area (Å²) < 4.78 is 5.77. The van der Waals surface area contributed by atoms with Gasteiger partial charge < -0.3 is 10.5 Å². The lowest BCUT2D eigenvalue weighted by Gasteiger charge is -2.14. The van der Waals surface area contributed by atoms with E-state index in [1.54, 1.807) is 0 Å². The highest BCUT2D eigenvalue weighted by Gasteiger charge is 2.11. The second kappa shape index (κ2) is 6.10. The van der Waals surface area contributed by atoms with Crippen LogP contribution in [0.15, 0.2) is 42.0 Å². The fraction of sp³-hybridized carbons (Fsp3) is 0.176. The van der Waals surface area contributed by atoms with E-state index in [2.05, 4.69) is 0 Å². The molecule has 0 saturated carbocycles. The van der Waals surface area contributed by atoms with E-state index in [0.717, 1.165) is 10.8 Å². The van der Waals surface area contributed by atoms with E-state index in [1.807, 2.05) is 56.3 Å². The summed E-state index contributed by atoms with van der Waals surface area (Å²) in [6, 6.07) is 13.3. The molecule has 0 unspecified atom stereocenters. The Kier molecular flexibility index (Phi) is 4.24. The van der Waals surface area contributed by atoms with Crippen LogP contribution in [0.5, 0.6) is 5.75 Å². The minimum atomic E-state index is -0.749. The van der Waals surface area contributed by atoms with Gasteiger partial charge in [-0.25, -0.2) is 0 Å². The second-order valence-corrected chi connectivity index (χ2v) is 4.90. The minimum Gasteiger partial charge on any atom is -0.490 e. The molecule has 0 heterocycles. The van der Waals surface area contributed by atoms with Crippen molar-refractivity contribution in [3.63, 3.8) is 0 Å². The predicted octanol–water partition coefficient (Wildman–Crippen LogP) is 3.02. The van der Waals surface area contributed by atoms with Crippen LogP contribution in [0, 0.1) is 11.3 Å². The number of amides is 1. The van der Waals surface area contributed by atoms with Crippen molar-refractivity contribution in [2.24, 2.45) is 5.73 Å². The number of nitriles is 1. The second-order valence-electron chi connectivity index (χ2n) is 4.90. The first-order valence-electron chi connectivity index (χ1n) is 6.63. The summed E-state index contributed by atoms with van der Waals surface area (Å²) in [6.45, 7) is 3.84. The largest absolute Gasteiger partial charge is 0.490 e. The highest BCUT2D eigenvalue weighted by molar-refractivity contribution is 6.04. The lowest BCUT2D eigenvalue weighted by Crippen LogP contribution is -2.13. The molecule has 0 bridgehead atoms. The molecule has 1 amide bonds. The molecule has 0 aliphatic carbocycles. The zero-order valence-corrected chi connectivity index (χ0v) is 12.0. The van der Waals surface area contributed by atoms with Gasteiger partial charge in [0.2, 0.25) is 0 Å². The Bertz CT molecular complexity index is 755. The van der Waals surface area contributed by atoms with Crippen LogP contribution in [0.1, 0.15) is 19.4 Å². The molecule has 0 spiro atoms. The molecule has 0 atom stereocenters. The van der Waals surface area contributed by atoms with Crippen molar-refractivity contribution >= 4 is 22.8 Å². The van der Waals surface area contributed by atoms with Crippen LogP contribution >= 0.6 is 0 Å². The third kappa shape index (κ3) is 3.21. The van der Waals surface area contributed by atoms with Crippen LogP contribution in [0.2, 0.25) is 0 Å². The van der Waals surface area contributed by atoms with E-state index >= 15 is 0 Å². The zero-order valence-electron chi connectivity index (χ0n) is 12.0. The van der Waals surface area contributed by atoms with Gasteiger partial charge in [-0.3, -0.25) is 4.79 Å². The number of ether oxygens (including phenoxy) is 1. The van der Waals surface area contributed by atoms with Gasteiger partial charge in [0.05, 0.1) is 6.10 Å². The van der Waals surface area contributed by atoms with Gasteiger partial charge in [-0.05, 0) is 36.8 Å². The summed E-state index contributed by atoms with van der Waals surface area (Å²) in [5.74, 6) is -0.126. The van der Waals surface area contributed by atoms with Crippen molar-refractivity contribution in [2.75, 3.05) is 0 Å². The number of nitrogens with zero attached hydrogens (tertiary/aromatic N) is 1. The van der Waals surface area contributed by atoms with E-state index < -0.39 is 5.91 Å². The normalized spacial score (nSPS) is 11.4. The molecule has 2 rings (SSSR count). The third-order valence-electron chi connectivity index (χ3n) is 2.97. The molecule has 2 aromatic carbocycles. The molecule has 0 saturated heterocycles. The van der Waals surface area contributed by atoms with Crippen LogP contribution in [-0.2, 0) is 4.79 Å². The number of carbonyl (C=O) groups is 1. The van der Waals surface area contributed by atoms with Gasteiger partial charge in [0, 0.05) is 5.56 Å². The van der Waals surface area contributed by atoms with Gasteiger partial charge in [-0.2, -0.15) is 5.26 Å². The molecule has 4 heteroatoms. The fourth-order valence-electron chi connectivity index (χ4n) is 2.08. The number of hydrogen-bond donors (Lipinski definition) is 1. The summed E-state index contributed by atoms with van der Waals surface area (Å²) >= 11 is 0. The molecule has 2 N–H and O–H groups in total. The molecule has 0 radical (unpaired) electrons. The van der Waals surface area contributed by atoms with Crippen LogP contribution in [0.4, 0.5) is 0 Å². The lowest BCUT2D eigenvalue weighted by atomic mass is 10.0. The number of nitrogens with two attached hydrogens (primary N) is 1. The molecule has 0 aromatic heterocycles. The number of hydrogen-bond acceptors (Lipinski definition) is 3. The van der Waals surface area contributed by atoms with E-state index in [-0.39, 0.29) is 11.7 Å². The van der Waals surface area contributed by atoms with E-state index in [4.69, 9.17) is 15.7 Å². The van der Waals surface area contributed by atoms with Crippen LogP contribution in [0.3, 0.4) is 0 Å². The molecular weight excluding hydrogens is 264 g/mol. The number of carbonyl (C=O) groups excluding carboxylic acids is 1. The van der Waals surface area contributed by atoms with Crippen molar-refractivity contribution in [1.82, 2.24) is 0 Å². The number of primary amides is 1. The average molecular weight is 280 g/mol. The smallest absolute Gasteiger partial charge is 0.259 e. The van der Waals surface area contributed by atoms with Gasteiger partial charge in [0.15, 0.2) is 0 Å². The first-order valence-corrected chi connectivity index (χ1v) is 6.63. The number of rotatable bonds is 4. The van der Waals surface area contributed by atoms with Crippen LogP contribution in [0.25, 0.3) is 16.8 Å². The summed E-state index contributed by atoms with van der Waals surface area (Å²) in [6.07, 6.45) is 1.47. The quantitative estimate of drug-likeness (QED) is 0.691. The number of fused-ring (bicyclic) bond motifs is 1. The predicted molar refractivity (Wildman–Crippen MR) is 82.5 cm³/mol. The standard InChI is InChI=1S/C17H16N2O2/c1-11(2)21-16-8-7-12-5-3-4-6-14(12)15(16)9-13(10-18)17(19)20/h3-9,11H,1-2H3,(H2,19,20)/b13-9-. The van der Waals surface area contributed by atoms with Gasteiger partial charge in [0.1, 0.15) is 17.4 Å². The highest BCUT2D eigenvalue weighted by Crippen LogP contribution is 2.30. The van der Waals surface area contributed by atoms with Gasteiger partial charge in [-0.1, -0.05) is 30.3 Å². The molecule has 2 aromatic rings. The maximum Gasteiger partial charge on any atom is 0.259 e. The molecular formula is C17H16N2O2. The molecule has 0 fully saturated rings. The van der Waals surface area contributed by atoms with Crippen LogP contribution < -0.4 is 10.5 Å². The highest BCUT2D eigenvalue weighted by atomic mass is 16.5. The Morgan fingerprint density at radius 3 is 2.62 bits per heavy atom. The van der Waals surface area contributed by atoms with Crippen molar-refractivity contribution in [2.45, 2.75) is 20.0 Å².